The van der Waals surface area contributed by atoms with Crippen molar-refractivity contribution in [2.24, 2.45) is 5.16 Å². The summed E-state index contributed by atoms with van der Waals surface area (Å²) in [5, 5.41) is 12.1. The highest BCUT2D eigenvalue weighted by atomic mass is 16.5. The second-order valence-corrected chi connectivity index (χ2v) is 4.56. The third-order valence-electron chi connectivity index (χ3n) is 3.76. The average Bonchev–Trinajstić information content (AvgIpc) is 2.47. The molecule has 0 aromatic heterocycles. The summed E-state index contributed by atoms with van der Waals surface area (Å²) in [4.78, 5) is 0. The van der Waals surface area contributed by atoms with Gasteiger partial charge in [0.05, 0.1) is 18.4 Å². The molecule has 1 saturated carbocycles. The van der Waals surface area contributed by atoms with E-state index < -0.39 is 0 Å². The highest BCUT2D eigenvalue weighted by Crippen LogP contribution is 2.42. The molecule has 0 radical (unpaired) electrons. The summed E-state index contributed by atoms with van der Waals surface area (Å²) >= 11 is 0. The normalized spacial score (nSPS) is 23.8. The van der Waals surface area contributed by atoms with E-state index in [1.807, 2.05) is 24.3 Å². The van der Waals surface area contributed by atoms with Gasteiger partial charge in [0.25, 0.3) is 0 Å². The van der Waals surface area contributed by atoms with Gasteiger partial charge in [-0.15, -0.1) is 0 Å². The molecule has 98 valence electrons. The number of para-hydroxylation sites is 1. The van der Waals surface area contributed by atoms with Gasteiger partial charge < -0.3 is 14.7 Å². The van der Waals surface area contributed by atoms with Gasteiger partial charge in [-0.3, -0.25) is 0 Å². The van der Waals surface area contributed by atoms with Crippen LogP contribution < -0.4 is 4.74 Å². The monoisotopic (exact) mass is 249 g/mol. The van der Waals surface area contributed by atoms with E-state index in [4.69, 9.17) is 14.7 Å². The standard InChI is InChI=1S/C14H19NO3/c1-17-13-6-4-3-5-12(13)14(18-2)9-7-11(15-16)8-10-14/h3-6,16H,7-10H2,1-2H3. The summed E-state index contributed by atoms with van der Waals surface area (Å²) in [5.74, 6) is 0.851. The Morgan fingerprint density at radius 1 is 1.17 bits per heavy atom. The van der Waals surface area contributed by atoms with Crippen LogP contribution in [-0.4, -0.2) is 25.1 Å². The highest BCUT2D eigenvalue weighted by molar-refractivity contribution is 5.85. The first-order chi connectivity index (χ1) is 8.75. The summed E-state index contributed by atoms with van der Waals surface area (Å²) in [6, 6.07) is 7.94. The van der Waals surface area contributed by atoms with Crippen LogP contribution in [0.25, 0.3) is 0 Å². The number of hydrogen-bond donors (Lipinski definition) is 1. The minimum Gasteiger partial charge on any atom is -0.496 e. The molecule has 4 nitrogen and oxygen atoms in total. The Morgan fingerprint density at radius 2 is 1.83 bits per heavy atom. The Bertz CT molecular complexity index is 432. The first-order valence-corrected chi connectivity index (χ1v) is 6.14. The van der Waals surface area contributed by atoms with Crippen LogP contribution in [0.4, 0.5) is 0 Å². The van der Waals surface area contributed by atoms with Gasteiger partial charge in [-0.1, -0.05) is 23.4 Å². The van der Waals surface area contributed by atoms with Crippen LogP contribution in [0.2, 0.25) is 0 Å². The Labute approximate surface area is 107 Å². The van der Waals surface area contributed by atoms with E-state index in [-0.39, 0.29) is 5.60 Å². The van der Waals surface area contributed by atoms with E-state index >= 15 is 0 Å². The third kappa shape index (κ3) is 2.20. The van der Waals surface area contributed by atoms with Gasteiger partial charge >= 0.3 is 0 Å². The van der Waals surface area contributed by atoms with Crippen LogP contribution in [0.15, 0.2) is 29.4 Å². The first kappa shape index (κ1) is 12.9. The van der Waals surface area contributed by atoms with Gasteiger partial charge in [-0.05, 0) is 31.7 Å². The molecule has 2 rings (SSSR count). The highest BCUT2D eigenvalue weighted by Gasteiger charge is 2.37. The smallest absolute Gasteiger partial charge is 0.124 e. The Hall–Kier alpha value is -1.55. The van der Waals surface area contributed by atoms with E-state index in [1.165, 1.54) is 0 Å². The molecule has 1 aromatic carbocycles. The fourth-order valence-electron chi connectivity index (χ4n) is 2.65. The number of hydrogen-bond acceptors (Lipinski definition) is 4. The van der Waals surface area contributed by atoms with Crippen molar-refractivity contribution in [1.82, 2.24) is 0 Å². The molecule has 1 N–H and O–H groups in total. The van der Waals surface area contributed by atoms with Crippen molar-refractivity contribution in [3.8, 4) is 5.75 Å². The van der Waals surface area contributed by atoms with Crippen LogP contribution in [0.3, 0.4) is 0 Å². The molecule has 18 heavy (non-hydrogen) atoms. The van der Waals surface area contributed by atoms with Crippen molar-refractivity contribution in [3.63, 3.8) is 0 Å². The van der Waals surface area contributed by atoms with Crippen LogP contribution in [-0.2, 0) is 10.3 Å². The number of benzene rings is 1. The molecule has 1 aromatic rings. The molecule has 0 aliphatic heterocycles. The number of rotatable bonds is 3. The number of ether oxygens (including phenoxy) is 2. The maximum Gasteiger partial charge on any atom is 0.124 e. The fourth-order valence-corrected chi connectivity index (χ4v) is 2.65. The molecular weight excluding hydrogens is 230 g/mol. The van der Waals surface area contributed by atoms with Gasteiger partial charge in [-0.2, -0.15) is 0 Å². The Kier molecular flexibility index (Phi) is 3.87. The predicted octanol–water partition coefficient (Wildman–Crippen LogP) is 2.94. The summed E-state index contributed by atoms with van der Waals surface area (Å²) in [6.45, 7) is 0. The zero-order valence-electron chi connectivity index (χ0n) is 10.8. The quantitative estimate of drug-likeness (QED) is 0.662. The molecule has 0 atom stereocenters. The maximum absolute atomic E-state index is 8.83. The van der Waals surface area contributed by atoms with Crippen LogP contribution in [0.5, 0.6) is 5.75 Å². The molecule has 0 unspecified atom stereocenters. The second-order valence-electron chi connectivity index (χ2n) is 4.56. The Morgan fingerprint density at radius 3 is 2.39 bits per heavy atom. The molecule has 0 heterocycles. The minimum atomic E-state index is -0.333. The molecule has 1 aliphatic carbocycles. The van der Waals surface area contributed by atoms with E-state index in [0.29, 0.717) is 0 Å². The molecule has 0 spiro atoms. The summed E-state index contributed by atoms with van der Waals surface area (Å²) in [7, 11) is 3.40. The van der Waals surface area contributed by atoms with E-state index in [1.54, 1.807) is 14.2 Å². The second kappa shape index (κ2) is 5.40. The number of nitrogens with zero attached hydrogens (tertiary/aromatic N) is 1. The van der Waals surface area contributed by atoms with Crippen molar-refractivity contribution in [3.05, 3.63) is 29.8 Å². The van der Waals surface area contributed by atoms with Gasteiger partial charge in [0.2, 0.25) is 0 Å². The van der Waals surface area contributed by atoms with E-state index in [2.05, 4.69) is 5.16 Å². The topological polar surface area (TPSA) is 51.0 Å². The zero-order chi connectivity index (χ0) is 13.0. The fraction of sp³-hybridized carbons (Fsp3) is 0.500. The van der Waals surface area contributed by atoms with E-state index in [9.17, 15) is 0 Å². The summed E-state index contributed by atoms with van der Waals surface area (Å²) in [5.41, 5.74) is 1.59. The average molecular weight is 249 g/mol. The van der Waals surface area contributed by atoms with Crippen LogP contribution >= 0.6 is 0 Å². The van der Waals surface area contributed by atoms with Gasteiger partial charge in [0.15, 0.2) is 0 Å². The first-order valence-electron chi connectivity index (χ1n) is 6.14. The lowest BCUT2D eigenvalue weighted by molar-refractivity contribution is -0.0333. The van der Waals surface area contributed by atoms with Crippen molar-refractivity contribution in [2.75, 3.05) is 14.2 Å². The molecule has 4 heteroatoms. The minimum absolute atomic E-state index is 0.333. The van der Waals surface area contributed by atoms with Crippen molar-refractivity contribution < 1.29 is 14.7 Å². The maximum atomic E-state index is 8.83. The van der Waals surface area contributed by atoms with Crippen molar-refractivity contribution in [2.45, 2.75) is 31.3 Å². The lowest BCUT2D eigenvalue weighted by Gasteiger charge is -2.37. The molecule has 0 amide bonds. The van der Waals surface area contributed by atoms with E-state index in [0.717, 1.165) is 42.7 Å². The molecule has 0 bridgehead atoms. The Balaban J connectivity index is 2.33. The SMILES string of the molecule is COc1ccccc1C1(OC)CCC(=NO)CC1. The van der Waals surface area contributed by atoms with Crippen molar-refractivity contribution >= 4 is 5.71 Å². The lowest BCUT2D eigenvalue weighted by Crippen LogP contribution is -2.34. The van der Waals surface area contributed by atoms with Crippen LogP contribution in [0.1, 0.15) is 31.2 Å². The molecule has 1 aliphatic rings. The summed E-state index contributed by atoms with van der Waals surface area (Å²) < 4.78 is 11.2. The molecule has 0 saturated heterocycles. The van der Waals surface area contributed by atoms with Gasteiger partial charge in [0, 0.05) is 12.7 Å². The van der Waals surface area contributed by atoms with Gasteiger partial charge in [0.1, 0.15) is 5.75 Å². The summed E-state index contributed by atoms with van der Waals surface area (Å²) in [6.07, 6.45) is 3.12. The lowest BCUT2D eigenvalue weighted by atomic mass is 9.78. The van der Waals surface area contributed by atoms with Gasteiger partial charge in [-0.25, -0.2) is 0 Å². The number of methoxy groups -OCH3 is 2. The zero-order valence-corrected chi connectivity index (χ0v) is 10.8. The predicted molar refractivity (Wildman–Crippen MR) is 69.4 cm³/mol. The largest absolute Gasteiger partial charge is 0.496 e. The van der Waals surface area contributed by atoms with Crippen LogP contribution in [0, 0.1) is 0 Å². The third-order valence-corrected chi connectivity index (χ3v) is 3.76. The molecular formula is C14H19NO3. The van der Waals surface area contributed by atoms with Crippen molar-refractivity contribution in [1.29, 1.82) is 0 Å². The molecule has 1 fully saturated rings. The number of oxime groups is 1.